The fourth-order valence-corrected chi connectivity index (χ4v) is 3.40. The Bertz CT molecular complexity index is 710. The van der Waals surface area contributed by atoms with E-state index in [4.69, 9.17) is 0 Å². The molecule has 0 spiro atoms. The first-order valence-electron chi connectivity index (χ1n) is 7.49. The zero-order chi connectivity index (χ0) is 16.8. The van der Waals surface area contributed by atoms with Crippen molar-refractivity contribution in [3.63, 3.8) is 0 Å². The Balaban J connectivity index is 2.18. The third-order valence-electron chi connectivity index (χ3n) is 4.39. The number of halogens is 3. The van der Waals surface area contributed by atoms with Crippen LogP contribution in [0.1, 0.15) is 16.8 Å². The van der Waals surface area contributed by atoms with Crippen LogP contribution in [0.25, 0.3) is 5.70 Å². The summed E-state index contributed by atoms with van der Waals surface area (Å²) in [6.45, 7) is 4.63. The normalized spacial score (nSPS) is 25.5. The molecule has 0 saturated carbocycles. The standard InChI is InChI=1S/C15H19F3N4O/c1-9-7-10(2)21-13(23)12(9)11-8-14(15(16,17)18)20-4-6-22(14)5-3-19-11/h7-8,19-20H,3-6H2,1-2H3,(H,21,23). The van der Waals surface area contributed by atoms with Crippen LogP contribution in [0.4, 0.5) is 13.2 Å². The summed E-state index contributed by atoms with van der Waals surface area (Å²) >= 11 is 0. The number of hydrogen-bond donors (Lipinski definition) is 3. The van der Waals surface area contributed by atoms with Crippen molar-refractivity contribution >= 4 is 5.70 Å². The number of alkyl halides is 3. The van der Waals surface area contributed by atoms with Crippen molar-refractivity contribution < 1.29 is 13.2 Å². The topological polar surface area (TPSA) is 60.2 Å². The number of H-pyrrole nitrogens is 1. The lowest BCUT2D eigenvalue weighted by molar-refractivity contribution is -0.212. The lowest BCUT2D eigenvalue weighted by atomic mass is 10.0. The van der Waals surface area contributed by atoms with Crippen molar-refractivity contribution in [2.75, 3.05) is 26.2 Å². The van der Waals surface area contributed by atoms with E-state index in [1.54, 1.807) is 19.9 Å². The number of aromatic nitrogens is 1. The van der Waals surface area contributed by atoms with E-state index in [2.05, 4.69) is 15.6 Å². The molecule has 2 aliphatic rings. The summed E-state index contributed by atoms with van der Waals surface area (Å²) < 4.78 is 41.3. The molecule has 3 N–H and O–H groups in total. The van der Waals surface area contributed by atoms with Crippen LogP contribution in [0.2, 0.25) is 0 Å². The first kappa shape index (κ1) is 16.1. The molecule has 0 bridgehead atoms. The number of hydrogen-bond acceptors (Lipinski definition) is 4. The Morgan fingerprint density at radius 3 is 2.57 bits per heavy atom. The number of fused-ring (bicyclic) bond motifs is 1. The molecule has 1 unspecified atom stereocenters. The van der Waals surface area contributed by atoms with Gasteiger partial charge < -0.3 is 10.3 Å². The summed E-state index contributed by atoms with van der Waals surface area (Å²) in [5.74, 6) is 0. The molecular weight excluding hydrogens is 309 g/mol. The number of aryl methyl sites for hydroxylation is 2. The second kappa shape index (κ2) is 5.38. The molecule has 3 heterocycles. The molecule has 1 atom stereocenters. The molecule has 1 aromatic heterocycles. The highest BCUT2D eigenvalue weighted by atomic mass is 19.4. The zero-order valence-corrected chi connectivity index (χ0v) is 13.0. The van der Waals surface area contributed by atoms with Gasteiger partial charge in [-0.2, -0.15) is 13.2 Å². The van der Waals surface area contributed by atoms with Crippen LogP contribution in [-0.2, 0) is 0 Å². The van der Waals surface area contributed by atoms with Crippen LogP contribution in [0.15, 0.2) is 16.9 Å². The van der Waals surface area contributed by atoms with Crippen molar-refractivity contribution in [3.05, 3.63) is 39.3 Å². The first-order chi connectivity index (χ1) is 10.7. The van der Waals surface area contributed by atoms with Crippen molar-refractivity contribution in [2.24, 2.45) is 0 Å². The van der Waals surface area contributed by atoms with Gasteiger partial charge in [0.25, 0.3) is 5.56 Å². The molecule has 1 saturated heterocycles. The fourth-order valence-electron chi connectivity index (χ4n) is 3.40. The number of nitrogens with zero attached hydrogens (tertiary/aromatic N) is 1. The minimum atomic E-state index is -4.48. The van der Waals surface area contributed by atoms with E-state index in [0.29, 0.717) is 24.3 Å². The molecule has 23 heavy (non-hydrogen) atoms. The molecule has 8 heteroatoms. The quantitative estimate of drug-likeness (QED) is 0.723. The molecule has 0 aromatic carbocycles. The van der Waals surface area contributed by atoms with Gasteiger partial charge >= 0.3 is 6.18 Å². The maximum absolute atomic E-state index is 13.8. The molecule has 1 fully saturated rings. The summed E-state index contributed by atoms with van der Waals surface area (Å²) in [5, 5.41) is 5.56. The van der Waals surface area contributed by atoms with E-state index in [1.165, 1.54) is 4.90 Å². The van der Waals surface area contributed by atoms with Gasteiger partial charge in [0, 0.05) is 37.6 Å². The van der Waals surface area contributed by atoms with Crippen molar-refractivity contribution in [2.45, 2.75) is 25.7 Å². The number of nitrogens with one attached hydrogen (secondary N) is 3. The third kappa shape index (κ3) is 2.55. The van der Waals surface area contributed by atoms with E-state index in [-0.39, 0.29) is 29.9 Å². The summed E-state index contributed by atoms with van der Waals surface area (Å²) in [6.07, 6.45) is -3.37. The van der Waals surface area contributed by atoms with E-state index in [1.807, 2.05) is 0 Å². The van der Waals surface area contributed by atoms with Crippen molar-refractivity contribution in [1.82, 2.24) is 20.5 Å². The Hall–Kier alpha value is -1.80. The molecule has 126 valence electrons. The highest BCUT2D eigenvalue weighted by molar-refractivity contribution is 5.68. The summed E-state index contributed by atoms with van der Waals surface area (Å²) in [6, 6.07) is 1.75. The molecule has 0 radical (unpaired) electrons. The van der Waals surface area contributed by atoms with Gasteiger partial charge in [0.1, 0.15) is 0 Å². The molecular formula is C15H19F3N4O. The maximum atomic E-state index is 13.8. The molecule has 0 amide bonds. The smallest absolute Gasteiger partial charge is 0.383 e. The van der Waals surface area contributed by atoms with Gasteiger partial charge in [0.05, 0.1) is 5.56 Å². The molecule has 0 aliphatic carbocycles. The molecule has 2 aliphatic heterocycles. The van der Waals surface area contributed by atoms with Crippen LogP contribution in [0.5, 0.6) is 0 Å². The van der Waals surface area contributed by atoms with E-state index < -0.39 is 11.8 Å². The van der Waals surface area contributed by atoms with Crippen LogP contribution >= 0.6 is 0 Å². The number of aromatic amines is 1. The summed E-state index contributed by atoms with van der Waals surface area (Å²) in [5.41, 5.74) is -0.807. The predicted octanol–water partition coefficient (Wildman–Crippen LogP) is 1.10. The Labute approximate surface area is 131 Å². The molecule has 1 aromatic rings. The maximum Gasteiger partial charge on any atom is 0.424 e. The Morgan fingerprint density at radius 1 is 1.22 bits per heavy atom. The molecule has 3 rings (SSSR count). The van der Waals surface area contributed by atoms with Gasteiger partial charge in [-0.25, -0.2) is 0 Å². The predicted molar refractivity (Wildman–Crippen MR) is 80.9 cm³/mol. The second-order valence-electron chi connectivity index (χ2n) is 6.00. The minimum Gasteiger partial charge on any atom is -0.383 e. The van der Waals surface area contributed by atoms with E-state index >= 15 is 0 Å². The van der Waals surface area contributed by atoms with Crippen LogP contribution in [0.3, 0.4) is 0 Å². The number of pyridine rings is 1. The lowest BCUT2D eigenvalue weighted by Crippen LogP contribution is -2.60. The largest absolute Gasteiger partial charge is 0.424 e. The first-order valence-corrected chi connectivity index (χ1v) is 7.49. The van der Waals surface area contributed by atoms with Gasteiger partial charge in [-0.15, -0.1) is 0 Å². The average Bonchev–Trinajstić information content (AvgIpc) is 2.73. The highest BCUT2D eigenvalue weighted by Gasteiger charge is 2.60. The van der Waals surface area contributed by atoms with Crippen LogP contribution in [0, 0.1) is 13.8 Å². The van der Waals surface area contributed by atoms with Crippen LogP contribution < -0.4 is 16.2 Å². The highest BCUT2D eigenvalue weighted by Crippen LogP contribution is 2.39. The second-order valence-corrected chi connectivity index (χ2v) is 6.00. The van der Waals surface area contributed by atoms with E-state index in [0.717, 1.165) is 6.08 Å². The van der Waals surface area contributed by atoms with Gasteiger partial charge in [-0.05, 0) is 31.6 Å². The Kier molecular flexibility index (Phi) is 3.76. The SMILES string of the molecule is Cc1cc(C)c(C2=CC3(C(F)(F)F)NCCN3CCN2)c(=O)[nH]1. The summed E-state index contributed by atoms with van der Waals surface area (Å²) in [4.78, 5) is 16.3. The zero-order valence-electron chi connectivity index (χ0n) is 13.0. The monoisotopic (exact) mass is 328 g/mol. The lowest BCUT2D eigenvalue weighted by Gasteiger charge is -2.36. The van der Waals surface area contributed by atoms with Gasteiger partial charge in [0.2, 0.25) is 0 Å². The number of rotatable bonds is 1. The van der Waals surface area contributed by atoms with Crippen LogP contribution in [-0.4, -0.2) is 47.9 Å². The minimum absolute atomic E-state index is 0.220. The fraction of sp³-hybridized carbons (Fsp3) is 0.533. The van der Waals surface area contributed by atoms with Crippen molar-refractivity contribution in [1.29, 1.82) is 0 Å². The van der Waals surface area contributed by atoms with E-state index in [9.17, 15) is 18.0 Å². The van der Waals surface area contributed by atoms with Gasteiger partial charge in [0.15, 0.2) is 5.66 Å². The summed E-state index contributed by atoms with van der Waals surface area (Å²) in [7, 11) is 0. The Morgan fingerprint density at radius 2 is 1.91 bits per heavy atom. The van der Waals surface area contributed by atoms with Gasteiger partial charge in [-0.3, -0.25) is 15.0 Å². The third-order valence-corrected chi connectivity index (χ3v) is 4.39. The van der Waals surface area contributed by atoms with Gasteiger partial charge in [-0.1, -0.05) is 0 Å². The average molecular weight is 328 g/mol. The van der Waals surface area contributed by atoms with Crippen molar-refractivity contribution in [3.8, 4) is 0 Å². The molecule has 5 nitrogen and oxygen atoms in total.